The Kier molecular flexibility index (Phi) is 4.82. The van der Waals surface area contributed by atoms with E-state index in [0.29, 0.717) is 12.0 Å². The Bertz CT molecular complexity index is 567. The third-order valence-electron chi connectivity index (χ3n) is 3.45. The van der Waals surface area contributed by atoms with Crippen LogP contribution in [-0.4, -0.2) is 0 Å². The monoisotopic (exact) mass is 276 g/mol. The van der Waals surface area contributed by atoms with Gasteiger partial charge >= 0.3 is 0 Å². The van der Waals surface area contributed by atoms with E-state index >= 15 is 0 Å². The zero-order valence-corrected chi connectivity index (χ0v) is 11.4. The van der Waals surface area contributed by atoms with Crippen molar-refractivity contribution in [1.82, 2.24) is 5.43 Å². The molecule has 4 heteroatoms. The average Bonchev–Trinajstić information content (AvgIpc) is 2.49. The molecule has 0 fully saturated rings. The Hall–Kier alpha value is -1.78. The van der Waals surface area contributed by atoms with E-state index in [1.54, 1.807) is 6.07 Å². The lowest BCUT2D eigenvalue weighted by molar-refractivity contribution is 0.481. The van der Waals surface area contributed by atoms with Crippen LogP contribution in [0.5, 0.6) is 0 Å². The molecule has 1 atom stereocenters. The van der Waals surface area contributed by atoms with E-state index in [1.165, 1.54) is 11.6 Å². The fraction of sp³-hybridized carbons (Fsp3) is 0.250. The van der Waals surface area contributed by atoms with Gasteiger partial charge < -0.3 is 0 Å². The average molecular weight is 276 g/mol. The minimum Gasteiger partial charge on any atom is -0.271 e. The van der Waals surface area contributed by atoms with Crippen LogP contribution in [0.15, 0.2) is 42.5 Å². The van der Waals surface area contributed by atoms with Gasteiger partial charge in [-0.05, 0) is 35.6 Å². The van der Waals surface area contributed by atoms with E-state index in [0.717, 1.165) is 18.1 Å². The third-order valence-corrected chi connectivity index (χ3v) is 3.45. The summed E-state index contributed by atoms with van der Waals surface area (Å²) in [5.74, 6) is 3.90. The van der Waals surface area contributed by atoms with Crippen molar-refractivity contribution in [3.05, 3.63) is 70.8 Å². The van der Waals surface area contributed by atoms with E-state index in [1.807, 2.05) is 24.3 Å². The molecule has 0 bridgehead atoms. The van der Waals surface area contributed by atoms with E-state index in [-0.39, 0.29) is 6.04 Å². The summed E-state index contributed by atoms with van der Waals surface area (Å²) in [6, 6.07) is 11.9. The van der Waals surface area contributed by atoms with Crippen LogP contribution in [0.1, 0.15) is 29.7 Å². The van der Waals surface area contributed by atoms with Crippen molar-refractivity contribution in [2.24, 2.45) is 5.84 Å². The number of hydrogen-bond donors (Lipinski definition) is 2. The number of nitrogens with one attached hydrogen (secondary N) is 1. The zero-order valence-electron chi connectivity index (χ0n) is 11.4. The Morgan fingerprint density at radius 3 is 2.40 bits per heavy atom. The van der Waals surface area contributed by atoms with Crippen LogP contribution in [0.4, 0.5) is 8.78 Å². The first-order valence-electron chi connectivity index (χ1n) is 6.63. The first-order valence-corrected chi connectivity index (χ1v) is 6.63. The van der Waals surface area contributed by atoms with Gasteiger partial charge in [0.25, 0.3) is 0 Å². The van der Waals surface area contributed by atoms with Gasteiger partial charge in [0.05, 0.1) is 6.04 Å². The molecule has 0 spiro atoms. The lowest BCUT2D eigenvalue weighted by atomic mass is 9.97. The van der Waals surface area contributed by atoms with Gasteiger partial charge in [0.15, 0.2) is 11.6 Å². The SMILES string of the molecule is CCc1ccc(C(Cc2cccc(F)c2F)NN)cc1. The highest BCUT2D eigenvalue weighted by atomic mass is 19.2. The summed E-state index contributed by atoms with van der Waals surface area (Å²) in [7, 11) is 0. The molecule has 2 aromatic carbocycles. The molecule has 0 saturated heterocycles. The molecule has 0 radical (unpaired) electrons. The highest BCUT2D eigenvalue weighted by molar-refractivity contribution is 5.28. The smallest absolute Gasteiger partial charge is 0.162 e. The van der Waals surface area contributed by atoms with Crippen molar-refractivity contribution in [3.63, 3.8) is 0 Å². The van der Waals surface area contributed by atoms with Crippen molar-refractivity contribution in [2.75, 3.05) is 0 Å². The molecule has 20 heavy (non-hydrogen) atoms. The minimum absolute atomic E-state index is 0.253. The summed E-state index contributed by atoms with van der Waals surface area (Å²) in [6.07, 6.45) is 1.26. The maximum atomic E-state index is 13.7. The van der Waals surface area contributed by atoms with Gasteiger partial charge in [-0.3, -0.25) is 11.3 Å². The molecular weight excluding hydrogens is 258 g/mol. The Morgan fingerprint density at radius 2 is 1.80 bits per heavy atom. The van der Waals surface area contributed by atoms with Crippen LogP contribution in [0.2, 0.25) is 0 Å². The summed E-state index contributed by atoms with van der Waals surface area (Å²) in [5.41, 5.74) is 5.15. The van der Waals surface area contributed by atoms with Crippen LogP contribution < -0.4 is 11.3 Å². The lowest BCUT2D eigenvalue weighted by Gasteiger charge is -2.17. The van der Waals surface area contributed by atoms with E-state index in [4.69, 9.17) is 5.84 Å². The number of aryl methyl sites for hydroxylation is 1. The Morgan fingerprint density at radius 1 is 1.10 bits per heavy atom. The summed E-state index contributed by atoms with van der Waals surface area (Å²) < 4.78 is 26.9. The van der Waals surface area contributed by atoms with Crippen molar-refractivity contribution in [3.8, 4) is 0 Å². The van der Waals surface area contributed by atoms with E-state index < -0.39 is 11.6 Å². The zero-order chi connectivity index (χ0) is 14.5. The van der Waals surface area contributed by atoms with Gasteiger partial charge in [0, 0.05) is 0 Å². The van der Waals surface area contributed by atoms with Gasteiger partial charge in [-0.15, -0.1) is 0 Å². The number of nitrogens with two attached hydrogens (primary N) is 1. The number of hydrogen-bond acceptors (Lipinski definition) is 2. The maximum absolute atomic E-state index is 13.7. The standard InChI is InChI=1S/C16H18F2N2/c1-2-11-6-8-12(9-7-11)15(20-19)10-13-4-3-5-14(17)16(13)18/h3-9,15,20H,2,10,19H2,1H3. The molecule has 106 valence electrons. The number of rotatable bonds is 5. The Balaban J connectivity index is 2.21. The molecule has 0 aliphatic rings. The molecule has 0 amide bonds. The third kappa shape index (κ3) is 3.21. The quantitative estimate of drug-likeness (QED) is 0.649. The van der Waals surface area contributed by atoms with E-state index in [9.17, 15) is 8.78 Å². The molecule has 2 aromatic rings. The summed E-state index contributed by atoms with van der Waals surface area (Å²) in [6.45, 7) is 2.08. The topological polar surface area (TPSA) is 38.0 Å². The number of halogens is 2. The second kappa shape index (κ2) is 6.59. The first kappa shape index (κ1) is 14.6. The first-order chi connectivity index (χ1) is 9.65. The summed E-state index contributed by atoms with van der Waals surface area (Å²) >= 11 is 0. The van der Waals surface area contributed by atoms with Crippen LogP contribution in [0.3, 0.4) is 0 Å². The lowest BCUT2D eigenvalue weighted by Crippen LogP contribution is -2.29. The largest absolute Gasteiger partial charge is 0.271 e. The van der Waals surface area contributed by atoms with Crippen molar-refractivity contribution in [1.29, 1.82) is 0 Å². The normalized spacial score (nSPS) is 12.4. The highest BCUT2D eigenvalue weighted by Crippen LogP contribution is 2.21. The predicted molar refractivity (Wildman–Crippen MR) is 75.9 cm³/mol. The Labute approximate surface area is 117 Å². The van der Waals surface area contributed by atoms with Crippen LogP contribution >= 0.6 is 0 Å². The van der Waals surface area contributed by atoms with Crippen molar-refractivity contribution in [2.45, 2.75) is 25.8 Å². The molecule has 2 rings (SSSR count). The molecule has 0 heterocycles. The molecule has 0 aliphatic heterocycles. The molecule has 3 N–H and O–H groups in total. The molecule has 0 aromatic heterocycles. The fourth-order valence-corrected chi connectivity index (χ4v) is 2.18. The van der Waals surface area contributed by atoms with Crippen LogP contribution in [-0.2, 0) is 12.8 Å². The molecule has 2 nitrogen and oxygen atoms in total. The van der Waals surface area contributed by atoms with Crippen molar-refractivity contribution < 1.29 is 8.78 Å². The summed E-state index contributed by atoms with van der Waals surface area (Å²) in [5, 5.41) is 0. The van der Waals surface area contributed by atoms with Gasteiger partial charge in [-0.2, -0.15) is 0 Å². The van der Waals surface area contributed by atoms with Crippen LogP contribution in [0, 0.1) is 11.6 Å². The maximum Gasteiger partial charge on any atom is 0.162 e. The van der Waals surface area contributed by atoms with Gasteiger partial charge in [0.2, 0.25) is 0 Å². The van der Waals surface area contributed by atoms with Gasteiger partial charge in [-0.1, -0.05) is 43.3 Å². The van der Waals surface area contributed by atoms with Crippen LogP contribution in [0.25, 0.3) is 0 Å². The number of hydrazine groups is 1. The number of benzene rings is 2. The molecule has 0 aliphatic carbocycles. The fourth-order valence-electron chi connectivity index (χ4n) is 2.18. The van der Waals surface area contributed by atoms with E-state index in [2.05, 4.69) is 12.3 Å². The van der Waals surface area contributed by atoms with Crippen molar-refractivity contribution >= 4 is 0 Å². The molecular formula is C16H18F2N2. The van der Waals surface area contributed by atoms with Gasteiger partial charge in [0.1, 0.15) is 0 Å². The molecule has 1 unspecified atom stereocenters. The molecule has 0 saturated carbocycles. The highest BCUT2D eigenvalue weighted by Gasteiger charge is 2.15. The minimum atomic E-state index is -0.834. The second-order valence-electron chi connectivity index (χ2n) is 4.73. The predicted octanol–water partition coefficient (Wildman–Crippen LogP) is 3.27. The second-order valence-corrected chi connectivity index (χ2v) is 4.73. The van der Waals surface area contributed by atoms with Gasteiger partial charge in [-0.25, -0.2) is 8.78 Å². The summed E-state index contributed by atoms with van der Waals surface area (Å²) in [4.78, 5) is 0.